The lowest BCUT2D eigenvalue weighted by molar-refractivity contribution is 1.17. The van der Waals surface area contributed by atoms with Gasteiger partial charge in [0.15, 0.2) is 0 Å². The number of nitrogens with zero attached hydrogens (tertiary/aromatic N) is 4. The molecule has 0 fully saturated rings. The Morgan fingerprint density at radius 2 is 1.55 bits per heavy atom. The quantitative estimate of drug-likeness (QED) is 0.432. The fourth-order valence-corrected chi connectivity index (χ4v) is 4.42. The SMILES string of the molecule is C1=CC2=c3cncc4c3=Nc3c(cncc3-4)-c3cccc(n3)-c3cccc(c3)C(=C1)N2. The number of hydrogen-bond acceptors (Lipinski definition) is 5. The van der Waals surface area contributed by atoms with Crippen molar-refractivity contribution in [1.82, 2.24) is 20.3 Å². The Labute approximate surface area is 177 Å². The van der Waals surface area contributed by atoms with E-state index in [1.54, 1.807) is 0 Å². The molecular formula is C26H15N5. The number of pyridine rings is 3. The summed E-state index contributed by atoms with van der Waals surface area (Å²) < 4.78 is 0. The van der Waals surface area contributed by atoms with Gasteiger partial charge in [0.2, 0.25) is 0 Å². The molecule has 3 aliphatic rings. The summed E-state index contributed by atoms with van der Waals surface area (Å²) in [5.41, 5.74) is 9.75. The zero-order valence-electron chi connectivity index (χ0n) is 16.4. The van der Waals surface area contributed by atoms with Crippen LogP contribution in [0.4, 0.5) is 5.69 Å². The molecule has 3 aliphatic heterocycles. The van der Waals surface area contributed by atoms with Crippen molar-refractivity contribution in [2.75, 3.05) is 0 Å². The molecule has 8 bridgehead atoms. The Balaban J connectivity index is 1.65. The monoisotopic (exact) mass is 397 g/mol. The van der Waals surface area contributed by atoms with Crippen LogP contribution in [0.3, 0.4) is 0 Å². The molecule has 1 aromatic carbocycles. The molecule has 144 valence electrons. The Bertz CT molecular complexity index is 1610. The predicted molar refractivity (Wildman–Crippen MR) is 120 cm³/mol. The number of dihydropyridines is 1. The molecule has 0 saturated heterocycles. The van der Waals surface area contributed by atoms with E-state index in [9.17, 15) is 0 Å². The Hall–Kier alpha value is -4.38. The minimum atomic E-state index is 0.862. The molecule has 0 spiro atoms. The van der Waals surface area contributed by atoms with Gasteiger partial charge in [-0.3, -0.25) is 9.97 Å². The minimum absolute atomic E-state index is 0.862. The average molecular weight is 397 g/mol. The van der Waals surface area contributed by atoms with Gasteiger partial charge in [-0.25, -0.2) is 9.98 Å². The molecule has 5 heteroatoms. The number of aromatic nitrogens is 3. The first-order chi connectivity index (χ1) is 15.3. The number of allylic oxidation sites excluding steroid dienone is 2. The maximum absolute atomic E-state index is 5.06. The van der Waals surface area contributed by atoms with Gasteiger partial charge in [-0.1, -0.05) is 30.3 Å². The summed E-state index contributed by atoms with van der Waals surface area (Å²) in [5, 5.41) is 5.47. The summed E-state index contributed by atoms with van der Waals surface area (Å²) in [6.07, 6.45) is 13.7. The highest BCUT2D eigenvalue weighted by atomic mass is 14.9. The topological polar surface area (TPSA) is 63.1 Å². The summed E-state index contributed by atoms with van der Waals surface area (Å²) in [6.45, 7) is 0. The third-order valence-electron chi connectivity index (χ3n) is 5.93. The second kappa shape index (κ2) is 6.06. The van der Waals surface area contributed by atoms with Crippen LogP contribution in [0.25, 0.3) is 45.0 Å². The van der Waals surface area contributed by atoms with E-state index >= 15 is 0 Å². The fraction of sp³-hybridized carbons (Fsp3) is 0. The van der Waals surface area contributed by atoms with E-state index in [4.69, 9.17) is 9.98 Å². The van der Waals surface area contributed by atoms with E-state index in [0.717, 1.165) is 66.9 Å². The molecule has 6 heterocycles. The smallest absolute Gasteiger partial charge is 0.0842 e. The van der Waals surface area contributed by atoms with Gasteiger partial charge < -0.3 is 5.32 Å². The Morgan fingerprint density at radius 1 is 0.742 bits per heavy atom. The van der Waals surface area contributed by atoms with Crippen molar-refractivity contribution in [3.63, 3.8) is 0 Å². The van der Waals surface area contributed by atoms with Gasteiger partial charge in [0.05, 0.1) is 22.4 Å². The van der Waals surface area contributed by atoms with Crippen LogP contribution in [0, 0.1) is 0 Å². The van der Waals surface area contributed by atoms with Crippen molar-refractivity contribution in [3.05, 3.63) is 102 Å². The molecule has 7 rings (SSSR count). The molecule has 0 radical (unpaired) electrons. The van der Waals surface area contributed by atoms with E-state index in [2.05, 4.69) is 57.8 Å². The van der Waals surface area contributed by atoms with Crippen molar-refractivity contribution in [1.29, 1.82) is 0 Å². The van der Waals surface area contributed by atoms with Crippen molar-refractivity contribution in [2.45, 2.75) is 0 Å². The van der Waals surface area contributed by atoms with Crippen molar-refractivity contribution in [2.24, 2.45) is 4.99 Å². The lowest BCUT2D eigenvalue weighted by Crippen LogP contribution is -2.32. The number of rotatable bonds is 0. The molecule has 0 atom stereocenters. The van der Waals surface area contributed by atoms with Gasteiger partial charge in [0, 0.05) is 63.7 Å². The summed E-state index contributed by atoms with van der Waals surface area (Å²) in [6, 6.07) is 14.5. The second-order valence-electron chi connectivity index (χ2n) is 7.75. The maximum Gasteiger partial charge on any atom is 0.0842 e. The molecular weight excluding hydrogens is 382 g/mol. The second-order valence-corrected chi connectivity index (χ2v) is 7.75. The predicted octanol–water partition coefficient (Wildman–Crippen LogP) is 3.76. The summed E-state index contributed by atoms with van der Waals surface area (Å²) in [5.74, 6) is 0. The highest BCUT2D eigenvalue weighted by Crippen LogP contribution is 2.39. The van der Waals surface area contributed by atoms with Crippen LogP contribution >= 0.6 is 0 Å². The molecule has 1 N–H and O–H groups in total. The third kappa shape index (κ3) is 2.37. The van der Waals surface area contributed by atoms with Gasteiger partial charge in [-0.05, 0) is 35.9 Å². The van der Waals surface area contributed by atoms with E-state index in [-0.39, 0.29) is 0 Å². The zero-order chi connectivity index (χ0) is 20.4. The fourth-order valence-electron chi connectivity index (χ4n) is 4.42. The van der Waals surface area contributed by atoms with Crippen LogP contribution in [0.2, 0.25) is 0 Å². The van der Waals surface area contributed by atoms with Gasteiger partial charge in [0.1, 0.15) is 0 Å². The van der Waals surface area contributed by atoms with Crippen LogP contribution in [-0.4, -0.2) is 15.0 Å². The number of fused-ring (bicyclic) bond motifs is 10. The van der Waals surface area contributed by atoms with Gasteiger partial charge in [-0.15, -0.1) is 0 Å². The van der Waals surface area contributed by atoms with Gasteiger partial charge >= 0.3 is 0 Å². The normalized spacial score (nSPS) is 14.3. The molecule has 0 aliphatic carbocycles. The Morgan fingerprint density at radius 3 is 2.55 bits per heavy atom. The molecule has 0 unspecified atom stereocenters. The number of benzene rings is 1. The largest absolute Gasteiger partial charge is 0.354 e. The lowest BCUT2D eigenvalue weighted by Gasteiger charge is -2.16. The van der Waals surface area contributed by atoms with Gasteiger partial charge in [0.25, 0.3) is 0 Å². The summed E-state index contributed by atoms with van der Waals surface area (Å²) >= 11 is 0. The zero-order valence-corrected chi connectivity index (χ0v) is 16.4. The highest BCUT2D eigenvalue weighted by Gasteiger charge is 2.21. The van der Waals surface area contributed by atoms with Crippen LogP contribution < -0.4 is 15.9 Å². The Kier molecular flexibility index (Phi) is 3.21. The third-order valence-corrected chi connectivity index (χ3v) is 5.93. The van der Waals surface area contributed by atoms with Crippen LogP contribution in [0.15, 0.2) is 90.5 Å². The summed E-state index contributed by atoms with van der Waals surface area (Å²) in [7, 11) is 0. The first-order valence-electron chi connectivity index (χ1n) is 10.1. The molecule has 5 nitrogen and oxygen atoms in total. The van der Waals surface area contributed by atoms with Crippen LogP contribution in [0.5, 0.6) is 0 Å². The van der Waals surface area contributed by atoms with Gasteiger partial charge in [-0.2, -0.15) is 0 Å². The average Bonchev–Trinajstić information content (AvgIpc) is 3.23. The molecule has 4 aromatic rings. The van der Waals surface area contributed by atoms with E-state index in [0.29, 0.717) is 0 Å². The minimum Gasteiger partial charge on any atom is -0.354 e. The summed E-state index contributed by atoms with van der Waals surface area (Å²) in [4.78, 5) is 19.1. The number of hydrogen-bond donors (Lipinski definition) is 1. The molecule has 31 heavy (non-hydrogen) atoms. The van der Waals surface area contributed by atoms with E-state index in [1.807, 2.05) is 43.0 Å². The maximum atomic E-state index is 5.06. The van der Waals surface area contributed by atoms with Crippen molar-refractivity contribution >= 4 is 17.1 Å². The molecule has 3 aromatic heterocycles. The highest BCUT2D eigenvalue weighted by molar-refractivity contribution is 5.89. The van der Waals surface area contributed by atoms with Crippen LogP contribution in [0.1, 0.15) is 5.56 Å². The van der Waals surface area contributed by atoms with E-state index < -0.39 is 0 Å². The first kappa shape index (κ1) is 16.4. The van der Waals surface area contributed by atoms with Crippen molar-refractivity contribution in [3.8, 4) is 33.6 Å². The van der Waals surface area contributed by atoms with E-state index in [1.165, 1.54) is 0 Å². The lowest BCUT2D eigenvalue weighted by atomic mass is 10.0. The molecule has 0 saturated carbocycles. The standard InChI is InChI=1S/C26H15N5/c1-4-15-10-16(5-1)22-7-3-9-24(30-22)20-14-28-12-18-17-11-27-13-19(25(17)31-26(18)20)23-8-2-6-21(15)29-23/h1-14,29H. The molecule has 0 amide bonds. The number of nitrogens with one attached hydrogen (secondary N) is 1. The first-order valence-corrected chi connectivity index (χ1v) is 10.1. The van der Waals surface area contributed by atoms with Crippen LogP contribution in [-0.2, 0) is 0 Å². The van der Waals surface area contributed by atoms with Crippen molar-refractivity contribution < 1.29 is 0 Å².